The van der Waals surface area contributed by atoms with E-state index in [4.69, 9.17) is 23.2 Å². The predicted octanol–water partition coefficient (Wildman–Crippen LogP) is 3.88. The van der Waals surface area contributed by atoms with Crippen molar-refractivity contribution >= 4 is 34.8 Å². The quantitative estimate of drug-likeness (QED) is 0.844. The minimum absolute atomic E-state index is 0.0324. The smallest absolute Gasteiger partial charge is 0.228 e. The van der Waals surface area contributed by atoms with Gasteiger partial charge in [0, 0.05) is 0 Å². The highest BCUT2D eigenvalue weighted by Gasteiger charge is 2.08. The van der Waals surface area contributed by atoms with E-state index < -0.39 is 0 Å². The van der Waals surface area contributed by atoms with Crippen molar-refractivity contribution in [1.29, 1.82) is 0 Å². The number of halogens is 2. The first-order valence-electron chi connectivity index (χ1n) is 5.58. The van der Waals surface area contributed by atoms with E-state index in [-0.39, 0.29) is 18.1 Å². The van der Waals surface area contributed by atoms with Crippen LogP contribution in [0.5, 0.6) is 5.75 Å². The highest BCUT2D eigenvalue weighted by molar-refractivity contribution is 6.42. The topological polar surface area (TPSA) is 49.3 Å². The molecule has 0 radical (unpaired) electrons. The number of carbonyl (C=O) groups excluding carboxylic acids is 1. The second kappa shape index (κ2) is 5.95. The van der Waals surface area contributed by atoms with E-state index in [2.05, 4.69) is 5.32 Å². The van der Waals surface area contributed by atoms with Crippen molar-refractivity contribution in [2.24, 2.45) is 0 Å². The number of phenolic OH excluding ortho intramolecular Hbond substituents is 1. The number of hydrogen-bond donors (Lipinski definition) is 2. The summed E-state index contributed by atoms with van der Waals surface area (Å²) < 4.78 is 0. The van der Waals surface area contributed by atoms with Gasteiger partial charge in [0.25, 0.3) is 0 Å². The van der Waals surface area contributed by atoms with E-state index in [1.165, 1.54) is 6.07 Å². The Morgan fingerprint density at radius 2 is 1.84 bits per heavy atom. The number of rotatable bonds is 3. The van der Waals surface area contributed by atoms with Gasteiger partial charge < -0.3 is 10.4 Å². The SMILES string of the molecule is O=C(Cc1ccc(Cl)c(Cl)c1)Nc1ccccc1O. The van der Waals surface area contributed by atoms with Crippen molar-refractivity contribution < 1.29 is 9.90 Å². The molecule has 0 saturated heterocycles. The van der Waals surface area contributed by atoms with Gasteiger partial charge in [-0.05, 0) is 29.8 Å². The van der Waals surface area contributed by atoms with Gasteiger partial charge in [-0.25, -0.2) is 0 Å². The van der Waals surface area contributed by atoms with E-state index in [9.17, 15) is 9.90 Å². The molecule has 0 atom stereocenters. The van der Waals surface area contributed by atoms with Crippen LogP contribution in [-0.4, -0.2) is 11.0 Å². The number of benzene rings is 2. The van der Waals surface area contributed by atoms with Gasteiger partial charge in [-0.1, -0.05) is 41.4 Å². The van der Waals surface area contributed by atoms with Crippen LogP contribution in [0, 0.1) is 0 Å². The monoisotopic (exact) mass is 295 g/mol. The average Bonchev–Trinajstić information content (AvgIpc) is 2.37. The second-order valence-corrected chi connectivity index (χ2v) is 4.80. The maximum atomic E-state index is 11.8. The van der Waals surface area contributed by atoms with Gasteiger partial charge in [-0.3, -0.25) is 4.79 Å². The summed E-state index contributed by atoms with van der Waals surface area (Å²) >= 11 is 11.7. The van der Waals surface area contributed by atoms with Gasteiger partial charge in [0.15, 0.2) is 0 Å². The highest BCUT2D eigenvalue weighted by Crippen LogP contribution is 2.24. The first kappa shape index (κ1) is 13.7. The Bertz CT molecular complexity index is 614. The Morgan fingerprint density at radius 1 is 1.11 bits per heavy atom. The number of para-hydroxylation sites is 2. The molecular formula is C14H11Cl2NO2. The summed E-state index contributed by atoms with van der Waals surface area (Å²) in [5.41, 5.74) is 1.13. The van der Waals surface area contributed by atoms with Crippen molar-refractivity contribution in [3.05, 3.63) is 58.1 Å². The van der Waals surface area contributed by atoms with Gasteiger partial charge in [0.05, 0.1) is 22.2 Å². The molecule has 98 valence electrons. The van der Waals surface area contributed by atoms with Crippen molar-refractivity contribution in [3.8, 4) is 5.75 Å². The summed E-state index contributed by atoms with van der Waals surface area (Å²) in [7, 11) is 0. The van der Waals surface area contributed by atoms with Crippen molar-refractivity contribution in [2.45, 2.75) is 6.42 Å². The normalized spacial score (nSPS) is 10.2. The van der Waals surface area contributed by atoms with Crippen LogP contribution >= 0.6 is 23.2 Å². The van der Waals surface area contributed by atoms with Crippen LogP contribution in [0.1, 0.15) is 5.56 Å². The molecule has 0 aliphatic rings. The lowest BCUT2D eigenvalue weighted by Gasteiger charge is -2.07. The minimum Gasteiger partial charge on any atom is -0.506 e. The first-order chi connectivity index (χ1) is 9.06. The van der Waals surface area contributed by atoms with E-state index in [1.807, 2.05) is 0 Å². The summed E-state index contributed by atoms with van der Waals surface area (Å²) in [6, 6.07) is 11.6. The average molecular weight is 296 g/mol. The Hall–Kier alpha value is -1.71. The molecule has 0 aliphatic carbocycles. The highest BCUT2D eigenvalue weighted by atomic mass is 35.5. The lowest BCUT2D eigenvalue weighted by atomic mass is 10.1. The lowest BCUT2D eigenvalue weighted by Crippen LogP contribution is -2.14. The first-order valence-corrected chi connectivity index (χ1v) is 6.33. The number of aromatic hydroxyl groups is 1. The molecule has 0 fully saturated rings. The van der Waals surface area contributed by atoms with E-state index in [0.717, 1.165) is 5.56 Å². The fourth-order valence-electron chi connectivity index (χ4n) is 1.61. The summed E-state index contributed by atoms with van der Waals surface area (Å²) in [6.07, 6.45) is 0.158. The molecule has 0 bridgehead atoms. The number of nitrogens with one attached hydrogen (secondary N) is 1. The van der Waals surface area contributed by atoms with Crippen LogP contribution in [0.2, 0.25) is 10.0 Å². The minimum atomic E-state index is -0.236. The molecule has 5 heteroatoms. The van der Waals surface area contributed by atoms with Crippen LogP contribution < -0.4 is 5.32 Å². The molecule has 2 aromatic rings. The van der Waals surface area contributed by atoms with Gasteiger partial charge in [0.2, 0.25) is 5.91 Å². The van der Waals surface area contributed by atoms with E-state index >= 15 is 0 Å². The zero-order valence-corrected chi connectivity index (χ0v) is 11.4. The third-order valence-electron chi connectivity index (χ3n) is 2.53. The van der Waals surface area contributed by atoms with Crippen molar-refractivity contribution in [1.82, 2.24) is 0 Å². The largest absolute Gasteiger partial charge is 0.506 e. The molecule has 0 spiro atoms. The van der Waals surface area contributed by atoms with Gasteiger partial charge in [-0.15, -0.1) is 0 Å². The Balaban J connectivity index is 2.05. The fraction of sp³-hybridized carbons (Fsp3) is 0.0714. The molecule has 2 aromatic carbocycles. The molecule has 0 saturated carbocycles. The standard InChI is InChI=1S/C14H11Cl2NO2/c15-10-6-5-9(7-11(10)16)8-14(19)17-12-3-1-2-4-13(12)18/h1-7,18H,8H2,(H,17,19). The number of anilines is 1. The lowest BCUT2D eigenvalue weighted by molar-refractivity contribution is -0.115. The van der Waals surface area contributed by atoms with Gasteiger partial charge in [-0.2, -0.15) is 0 Å². The molecule has 0 unspecified atom stereocenters. The fourth-order valence-corrected chi connectivity index (χ4v) is 1.93. The predicted molar refractivity (Wildman–Crippen MR) is 76.9 cm³/mol. The number of phenols is 1. The Morgan fingerprint density at radius 3 is 2.53 bits per heavy atom. The van der Waals surface area contributed by atoms with Crippen LogP contribution in [0.15, 0.2) is 42.5 Å². The van der Waals surface area contributed by atoms with Crippen LogP contribution in [-0.2, 0) is 11.2 Å². The van der Waals surface area contributed by atoms with Gasteiger partial charge >= 0.3 is 0 Å². The maximum Gasteiger partial charge on any atom is 0.228 e. The summed E-state index contributed by atoms with van der Waals surface area (Å²) in [6.45, 7) is 0. The molecule has 2 rings (SSSR count). The number of hydrogen-bond acceptors (Lipinski definition) is 2. The van der Waals surface area contributed by atoms with Crippen LogP contribution in [0.4, 0.5) is 5.69 Å². The zero-order valence-electron chi connectivity index (χ0n) is 9.86. The van der Waals surface area contributed by atoms with E-state index in [0.29, 0.717) is 15.7 Å². The molecule has 1 amide bonds. The molecular weight excluding hydrogens is 285 g/mol. The number of amides is 1. The zero-order chi connectivity index (χ0) is 13.8. The van der Waals surface area contributed by atoms with Crippen molar-refractivity contribution in [3.63, 3.8) is 0 Å². The van der Waals surface area contributed by atoms with Crippen molar-refractivity contribution in [2.75, 3.05) is 5.32 Å². The third-order valence-corrected chi connectivity index (χ3v) is 3.27. The summed E-state index contributed by atoms with van der Waals surface area (Å²) in [5.74, 6) is -0.204. The summed E-state index contributed by atoms with van der Waals surface area (Å²) in [4.78, 5) is 11.8. The third kappa shape index (κ3) is 3.63. The Kier molecular flexibility index (Phi) is 4.30. The molecule has 0 aromatic heterocycles. The second-order valence-electron chi connectivity index (χ2n) is 3.99. The Labute approximate surface area is 120 Å². The molecule has 2 N–H and O–H groups in total. The molecule has 0 aliphatic heterocycles. The maximum absolute atomic E-state index is 11.8. The molecule has 3 nitrogen and oxygen atoms in total. The van der Waals surface area contributed by atoms with Crippen LogP contribution in [0.25, 0.3) is 0 Å². The molecule has 0 heterocycles. The summed E-state index contributed by atoms with van der Waals surface area (Å²) in [5, 5.41) is 13.0. The molecule has 19 heavy (non-hydrogen) atoms. The van der Waals surface area contributed by atoms with Crippen LogP contribution in [0.3, 0.4) is 0 Å². The van der Waals surface area contributed by atoms with E-state index in [1.54, 1.807) is 36.4 Å². The number of carbonyl (C=O) groups is 1. The van der Waals surface area contributed by atoms with Gasteiger partial charge in [0.1, 0.15) is 5.75 Å².